The summed E-state index contributed by atoms with van der Waals surface area (Å²) in [6.07, 6.45) is 1.14. The molecule has 164 valence electrons. The summed E-state index contributed by atoms with van der Waals surface area (Å²) in [6.45, 7) is 1.32. The van der Waals surface area contributed by atoms with E-state index in [2.05, 4.69) is 15.3 Å². The predicted molar refractivity (Wildman–Crippen MR) is 118 cm³/mol. The first-order chi connectivity index (χ1) is 15.4. The number of aliphatic carboxylic acids is 1. The van der Waals surface area contributed by atoms with Crippen molar-refractivity contribution < 1.29 is 19.5 Å². The smallest absolute Gasteiger partial charge is 0.308 e. The molecule has 1 aromatic heterocycles. The molecule has 8 heteroatoms. The summed E-state index contributed by atoms with van der Waals surface area (Å²) in [5.74, 6) is -3.50. The Kier molecular flexibility index (Phi) is 7.28. The lowest BCUT2D eigenvalue weighted by atomic mass is 9.86. The number of hydrogen-bond donors (Lipinski definition) is 3. The molecule has 3 rings (SSSR count). The lowest BCUT2D eigenvalue weighted by Crippen LogP contribution is -2.34. The molecule has 0 aliphatic rings. The molecule has 2 aromatic carbocycles. The molecule has 0 spiro atoms. The van der Waals surface area contributed by atoms with Crippen LogP contribution in [-0.4, -0.2) is 39.3 Å². The maximum atomic E-state index is 13.0. The molecule has 0 saturated heterocycles. The second-order valence-electron chi connectivity index (χ2n) is 7.43. The SMILES string of the molecule is C[C@@H](CNC(=O)c1ncc(C(=O)CC(c2ccccc2)c2ccccc2)c(=O)[nH]1)C(=O)O. The highest BCUT2D eigenvalue weighted by atomic mass is 16.4. The standard InChI is InChI=1S/C24H23N3O5/c1-15(24(31)32)13-26-23(30)21-25-14-19(22(29)27-21)20(28)12-18(16-8-4-2-5-9-16)17-10-6-3-7-11-17/h2-11,14-15,18H,12-13H2,1H3,(H,26,30)(H,31,32)(H,25,27,29)/t15-/m0/s1. The molecule has 8 nitrogen and oxygen atoms in total. The molecule has 1 heterocycles. The van der Waals surface area contributed by atoms with E-state index in [4.69, 9.17) is 5.11 Å². The van der Waals surface area contributed by atoms with Crippen LogP contribution in [0, 0.1) is 5.92 Å². The third-order valence-electron chi connectivity index (χ3n) is 5.10. The van der Waals surface area contributed by atoms with Crippen molar-refractivity contribution in [1.29, 1.82) is 0 Å². The Morgan fingerprint density at radius 2 is 1.56 bits per heavy atom. The second kappa shape index (κ2) is 10.3. The first-order valence-electron chi connectivity index (χ1n) is 10.1. The van der Waals surface area contributed by atoms with E-state index in [1.165, 1.54) is 6.92 Å². The normalized spacial score (nSPS) is 11.7. The lowest BCUT2D eigenvalue weighted by molar-refractivity contribution is -0.140. The summed E-state index contributed by atoms with van der Waals surface area (Å²) in [5.41, 5.74) is 1.03. The summed E-state index contributed by atoms with van der Waals surface area (Å²) in [7, 11) is 0. The van der Waals surface area contributed by atoms with Crippen molar-refractivity contribution in [2.45, 2.75) is 19.3 Å². The Hall–Kier alpha value is -4.07. The van der Waals surface area contributed by atoms with Gasteiger partial charge in [-0.15, -0.1) is 0 Å². The molecule has 1 amide bonds. The van der Waals surface area contributed by atoms with Crippen LogP contribution in [0.2, 0.25) is 0 Å². The van der Waals surface area contributed by atoms with Gasteiger partial charge in [0, 0.05) is 25.1 Å². The minimum atomic E-state index is -1.06. The number of ketones is 1. The topological polar surface area (TPSA) is 129 Å². The number of aromatic nitrogens is 2. The zero-order valence-corrected chi connectivity index (χ0v) is 17.4. The van der Waals surface area contributed by atoms with Crippen LogP contribution >= 0.6 is 0 Å². The van der Waals surface area contributed by atoms with Gasteiger partial charge in [0.25, 0.3) is 11.5 Å². The summed E-state index contributed by atoms with van der Waals surface area (Å²) < 4.78 is 0. The highest BCUT2D eigenvalue weighted by Crippen LogP contribution is 2.28. The second-order valence-corrected chi connectivity index (χ2v) is 7.43. The van der Waals surface area contributed by atoms with Gasteiger partial charge in [-0.25, -0.2) is 4.98 Å². The largest absolute Gasteiger partial charge is 0.481 e. The molecule has 0 aliphatic heterocycles. The van der Waals surface area contributed by atoms with Crippen LogP contribution in [0.3, 0.4) is 0 Å². The number of H-pyrrole nitrogens is 1. The summed E-state index contributed by atoms with van der Waals surface area (Å²) in [5, 5.41) is 11.3. The number of aromatic amines is 1. The molecule has 1 atom stereocenters. The van der Waals surface area contributed by atoms with Crippen molar-refractivity contribution >= 4 is 17.7 Å². The van der Waals surface area contributed by atoms with Crippen molar-refractivity contribution in [1.82, 2.24) is 15.3 Å². The van der Waals surface area contributed by atoms with Gasteiger partial charge < -0.3 is 15.4 Å². The van der Waals surface area contributed by atoms with E-state index in [1.54, 1.807) is 0 Å². The fourth-order valence-corrected chi connectivity index (χ4v) is 3.22. The van der Waals surface area contributed by atoms with Gasteiger partial charge in [0.15, 0.2) is 11.6 Å². The molecular weight excluding hydrogens is 410 g/mol. The van der Waals surface area contributed by atoms with Crippen molar-refractivity contribution in [2.24, 2.45) is 5.92 Å². The van der Waals surface area contributed by atoms with Crippen molar-refractivity contribution in [3.63, 3.8) is 0 Å². The van der Waals surface area contributed by atoms with Crippen molar-refractivity contribution in [3.05, 3.63) is 99.7 Å². The average molecular weight is 433 g/mol. The van der Waals surface area contributed by atoms with E-state index in [0.29, 0.717) is 0 Å². The predicted octanol–water partition coefficient (Wildman–Crippen LogP) is 2.63. The molecule has 0 bridgehead atoms. The third kappa shape index (κ3) is 5.54. The molecule has 0 fully saturated rings. The van der Waals surface area contributed by atoms with Gasteiger partial charge in [0.2, 0.25) is 0 Å². The Bertz CT molecular complexity index is 1120. The fraction of sp³-hybridized carbons (Fsp3) is 0.208. The molecular formula is C24H23N3O5. The van der Waals surface area contributed by atoms with E-state index in [9.17, 15) is 19.2 Å². The molecule has 32 heavy (non-hydrogen) atoms. The van der Waals surface area contributed by atoms with Crippen LogP contribution < -0.4 is 10.9 Å². The van der Waals surface area contributed by atoms with Crippen LogP contribution in [0.4, 0.5) is 0 Å². The first-order valence-corrected chi connectivity index (χ1v) is 10.1. The average Bonchev–Trinajstić information content (AvgIpc) is 2.81. The molecule has 3 N–H and O–H groups in total. The number of nitrogens with zero attached hydrogens (tertiary/aromatic N) is 1. The van der Waals surface area contributed by atoms with Gasteiger partial charge in [-0.1, -0.05) is 67.6 Å². The van der Waals surface area contributed by atoms with E-state index in [-0.39, 0.29) is 30.3 Å². The van der Waals surface area contributed by atoms with Gasteiger partial charge in [0.1, 0.15) is 5.56 Å². The molecule has 0 saturated carbocycles. The Morgan fingerprint density at radius 1 is 1.00 bits per heavy atom. The van der Waals surface area contributed by atoms with Gasteiger partial charge in [0.05, 0.1) is 5.92 Å². The zero-order chi connectivity index (χ0) is 23.1. The number of carbonyl (C=O) groups excluding carboxylic acids is 2. The molecule has 3 aromatic rings. The Labute approximate surface area is 184 Å². The number of nitrogens with one attached hydrogen (secondary N) is 2. The fourth-order valence-electron chi connectivity index (χ4n) is 3.22. The van der Waals surface area contributed by atoms with Crippen LogP contribution in [0.25, 0.3) is 0 Å². The highest BCUT2D eigenvalue weighted by Gasteiger charge is 2.22. The van der Waals surface area contributed by atoms with E-state index < -0.39 is 29.1 Å². The maximum absolute atomic E-state index is 13.0. The number of carbonyl (C=O) groups is 3. The van der Waals surface area contributed by atoms with Crippen molar-refractivity contribution in [3.8, 4) is 0 Å². The van der Waals surface area contributed by atoms with E-state index in [1.807, 2.05) is 60.7 Å². The van der Waals surface area contributed by atoms with Crippen LogP contribution in [0.1, 0.15) is 51.4 Å². The van der Waals surface area contributed by atoms with E-state index in [0.717, 1.165) is 17.3 Å². The first kappa shape index (κ1) is 22.6. The quantitative estimate of drug-likeness (QED) is 0.445. The third-order valence-corrected chi connectivity index (χ3v) is 5.10. The van der Waals surface area contributed by atoms with Gasteiger partial charge >= 0.3 is 5.97 Å². The Balaban J connectivity index is 1.78. The number of carboxylic acids is 1. The summed E-state index contributed by atoms with van der Waals surface area (Å²) in [4.78, 5) is 54.7. The number of Topliss-reactive ketones (excluding diaryl/α,β-unsaturated/α-hetero) is 1. The van der Waals surface area contributed by atoms with Crippen molar-refractivity contribution in [2.75, 3.05) is 6.54 Å². The van der Waals surface area contributed by atoms with Gasteiger partial charge in [-0.05, 0) is 11.1 Å². The number of carboxylic acid groups (broad SMARTS) is 1. The lowest BCUT2D eigenvalue weighted by Gasteiger charge is -2.17. The Morgan fingerprint density at radius 3 is 2.06 bits per heavy atom. The van der Waals surface area contributed by atoms with Gasteiger partial charge in [-0.2, -0.15) is 0 Å². The highest BCUT2D eigenvalue weighted by molar-refractivity contribution is 5.97. The number of benzene rings is 2. The molecule has 0 radical (unpaired) electrons. The minimum absolute atomic E-state index is 0.0560. The molecule has 0 unspecified atom stereocenters. The number of hydrogen-bond acceptors (Lipinski definition) is 5. The maximum Gasteiger partial charge on any atom is 0.308 e. The summed E-state index contributed by atoms with van der Waals surface area (Å²) >= 11 is 0. The van der Waals surface area contributed by atoms with Gasteiger partial charge in [-0.3, -0.25) is 19.2 Å². The number of rotatable bonds is 9. The van der Waals surface area contributed by atoms with Crippen LogP contribution in [-0.2, 0) is 4.79 Å². The number of amides is 1. The zero-order valence-electron chi connectivity index (χ0n) is 17.4. The van der Waals surface area contributed by atoms with Crippen LogP contribution in [0.5, 0.6) is 0 Å². The monoisotopic (exact) mass is 433 g/mol. The van der Waals surface area contributed by atoms with E-state index >= 15 is 0 Å². The summed E-state index contributed by atoms with van der Waals surface area (Å²) in [6, 6.07) is 19.1. The van der Waals surface area contributed by atoms with Crippen LogP contribution in [0.15, 0.2) is 71.7 Å². The molecule has 0 aliphatic carbocycles. The minimum Gasteiger partial charge on any atom is -0.481 e.